The fourth-order valence-electron chi connectivity index (χ4n) is 3.90. The molecule has 1 aromatic carbocycles. The first-order chi connectivity index (χ1) is 16.4. The van der Waals surface area contributed by atoms with Crippen LogP contribution in [0.5, 0.6) is 5.75 Å². The smallest absolute Gasteiger partial charge is 0.222 e. The molecule has 0 aliphatic heterocycles. The average molecular weight is 456 g/mol. The minimum absolute atomic E-state index is 0.394. The Kier molecular flexibility index (Phi) is 6.27. The summed E-state index contributed by atoms with van der Waals surface area (Å²) in [6.07, 6.45) is 1.79. The number of fused-ring (bicyclic) bond motifs is 1. The van der Waals surface area contributed by atoms with Crippen molar-refractivity contribution in [2.45, 2.75) is 27.7 Å². The number of aryl methyl sites for hydroxylation is 2. The van der Waals surface area contributed by atoms with Crippen LogP contribution < -0.4 is 4.74 Å². The molecule has 4 rings (SSSR count). The standard InChI is InChI=1S/C26H25N5O3/c1-15-10-19(17(3)31(15)26-22(14-28)16(2)18(4)34-26)11-20(13-27)25-29-23-7-6-21(12-24(23)30-25)33-9-8-32-5/h6-7,10-12H,8-9H2,1-5H3,(H,29,30)/b20-11+. The van der Waals surface area contributed by atoms with E-state index < -0.39 is 0 Å². The van der Waals surface area contributed by atoms with E-state index in [-0.39, 0.29) is 0 Å². The van der Waals surface area contributed by atoms with Gasteiger partial charge in [0, 0.05) is 30.1 Å². The molecule has 3 aromatic heterocycles. The summed E-state index contributed by atoms with van der Waals surface area (Å²) < 4.78 is 18.5. The van der Waals surface area contributed by atoms with Crippen LogP contribution in [0.3, 0.4) is 0 Å². The summed E-state index contributed by atoms with van der Waals surface area (Å²) in [6, 6.07) is 12.0. The van der Waals surface area contributed by atoms with E-state index in [2.05, 4.69) is 22.1 Å². The zero-order valence-electron chi connectivity index (χ0n) is 19.8. The minimum atomic E-state index is 0.394. The number of rotatable bonds is 7. The summed E-state index contributed by atoms with van der Waals surface area (Å²) in [5, 5.41) is 19.5. The van der Waals surface area contributed by atoms with Crippen LogP contribution in [0.4, 0.5) is 0 Å². The van der Waals surface area contributed by atoms with E-state index in [1.54, 1.807) is 13.2 Å². The summed E-state index contributed by atoms with van der Waals surface area (Å²) in [6.45, 7) is 8.54. The molecule has 0 amide bonds. The van der Waals surface area contributed by atoms with E-state index in [9.17, 15) is 10.5 Å². The van der Waals surface area contributed by atoms with Gasteiger partial charge in [0.25, 0.3) is 0 Å². The SMILES string of the molecule is COCCOc1ccc2nc(/C(C#N)=C/c3cc(C)n(-c4oc(C)c(C)c4C#N)c3C)[nH]c2c1. The number of allylic oxidation sites excluding steroid dienone is 1. The molecule has 0 bridgehead atoms. The molecule has 1 N–H and O–H groups in total. The Morgan fingerprint density at radius 2 is 1.97 bits per heavy atom. The van der Waals surface area contributed by atoms with Gasteiger partial charge in [-0.15, -0.1) is 0 Å². The topological polar surface area (TPSA) is 113 Å². The predicted octanol–water partition coefficient (Wildman–Crippen LogP) is 5.14. The van der Waals surface area contributed by atoms with Crippen molar-refractivity contribution in [1.29, 1.82) is 10.5 Å². The van der Waals surface area contributed by atoms with Crippen LogP contribution in [-0.4, -0.2) is 34.9 Å². The highest BCUT2D eigenvalue weighted by Gasteiger charge is 2.20. The van der Waals surface area contributed by atoms with Crippen molar-refractivity contribution in [2.75, 3.05) is 20.3 Å². The Morgan fingerprint density at radius 3 is 2.68 bits per heavy atom. The van der Waals surface area contributed by atoms with E-state index in [4.69, 9.17) is 13.9 Å². The van der Waals surface area contributed by atoms with Crippen LogP contribution in [0, 0.1) is 50.4 Å². The van der Waals surface area contributed by atoms with Gasteiger partial charge in [-0.1, -0.05) is 0 Å². The number of nitrogens with zero attached hydrogens (tertiary/aromatic N) is 4. The van der Waals surface area contributed by atoms with Crippen molar-refractivity contribution >= 4 is 22.7 Å². The monoisotopic (exact) mass is 455 g/mol. The number of ether oxygens (including phenoxy) is 2. The molecule has 172 valence electrons. The number of hydrogen-bond acceptors (Lipinski definition) is 6. The van der Waals surface area contributed by atoms with Crippen LogP contribution in [0.2, 0.25) is 0 Å². The first-order valence-electron chi connectivity index (χ1n) is 10.8. The third-order valence-corrected chi connectivity index (χ3v) is 5.84. The quantitative estimate of drug-likeness (QED) is 0.305. The molecule has 34 heavy (non-hydrogen) atoms. The van der Waals surface area contributed by atoms with Crippen LogP contribution >= 0.6 is 0 Å². The summed E-state index contributed by atoms with van der Waals surface area (Å²) in [5.74, 6) is 2.37. The van der Waals surface area contributed by atoms with Crippen molar-refractivity contribution in [3.63, 3.8) is 0 Å². The number of benzene rings is 1. The number of hydrogen-bond donors (Lipinski definition) is 1. The fourth-order valence-corrected chi connectivity index (χ4v) is 3.90. The Labute approximate surface area is 197 Å². The van der Waals surface area contributed by atoms with Gasteiger partial charge in [0.1, 0.15) is 41.6 Å². The Bertz CT molecular complexity index is 1490. The molecule has 8 heteroatoms. The lowest BCUT2D eigenvalue weighted by Gasteiger charge is -2.06. The number of aromatic amines is 1. The Morgan fingerprint density at radius 1 is 1.18 bits per heavy atom. The van der Waals surface area contributed by atoms with E-state index in [0.717, 1.165) is 33.5 Å². The molecule has 0 saturated carbocycles. The normalized spacial score (nSPS) is 11.6. The van der Waals surface area contributed by atoms with Crippen molar-refractivity contribution in [3.05, 3.63) is 63.9 Å². The summed E-state index contributed by atoms with van der Waals surface area (Å²) in [5.41, 5.74) is 5.84. The highest BCUT2D eigenvalue weighted by molar-refractivity contribution is 5.91. The highest BCUT2D eigenvalue weighted by atomic mass is 16.5. The molecular formula is C26H25N5O3. The molecule has 0 unspecified atom stereocenters. The van der Waals surface area contributed by atoms with Gasteiger partial charge in [-0.3, -0.25) is 4.57 Å². The molecule has 0 radical (unpaired) electrons. The van der Waals surface area contributed by atoms with Gasteiger partial charge in [0.05, 0.1) is 23.2 Å². The van der Waals surface area contributed by atoms with Gasteiger partial charge in [0.15, 0.2) is 0 Å². The van der Waals surface area contributed by atoms with Crippen molar-refractivity contribution < 1.29 is 13.9 Å². The Hall–Kier alpha value is -4.27. The van der Waals surface area contributed by atoms with Gasteiger partial charge in [0.2, 0.25) is 5.88 Å². The zero-order chi connectivity index (χ0) is 24.4. The fraction of sp³-hybridized carbons (Fsp3) is 0.269. The maximum Gasteiger partial charge on any atom is 0.222 e. The molecule has 0 aliphatic rings. The van der Waals surface area contributed by atoms with Crippen molar-refractivity contribution in [3.8, 4) is 23.8 Å². The van der Waals surface area contributed by atoms with Crippen LogP contribution in [0.25, 0.3) is 28.6 Å². The third kappa shape index (κ3) is 4.07. The number of aromatic nitrogens is 3. The van der Waals surface area contributed by atoms with Gasteiger partial charge in [-0.05, 0) is 57.5 Å². The first-order valence-corrected chi connectivity index (χ1v) is 10.8. The molecule has 0 saturated heterocycles. The lowest BCUT2D eigenvalue weighted by molar-refractivity contribution is 0.146. The average Bonchev–Trinajstić information content (AvgIpc) is 3.45. The number of nitrogens with one attached hydrogen (secondary N) is 1. The van der Waals surface area contributed by atoms with Crippen LogP contribution in [-0.2, 0) is 4.74 Å². The van der Waals surface area contributed by atoms with Gasteiger partial charge in [-0.25, -0.2) is 4.98 Å². The number of H-pyrrole nitrogens is 1. The van der Waals surface area contributed by atoms with Gasteiger partial charge in [-0.2, -0.15) is 10.5 Å². The molecule has 8 nitrogen and oxygen atoms in total. The summed E-state index contributed by atoms with van der Waals surface area (Å²) in [4.78, 5) is 7.80. The largest absolute Gasteiger partial charge is 0.491 e. The predicted molar refractivity (Wildman–Crippen MR) is 129 cm³/mol. The number of imidazole rings is 1. The number of nitriles is 2. The second kappa shape index (κ2) is 9.30. The van der Waals surface area contributed by atoms with E-state index in [1.165, 1.54) is 0 Å². The van der Waals surface area contributed by atoms with Crippen molar-refractivity contribution in [1.82, 2.24) is 14.5 Å². The molecule has 3 heterocycles. The van der Waals surface area contributed by atoms with Crippen molar-refractivity contribution in [2.24, 2.45) is 0 Å². The summed E-state index contributed by atoms with van der Waals surface area (Å²) in [7, 11) is 1.63. The number of methoxy groups -OCH3 is 1. The maximum absolute atomic E-state index is 9.88. The van der Waals surface area contributed by atoms with E-state index in [1.807, 2.05) is 56.5 Å². The second-order valence-electron chi connectivity index (χ2n) is 8.01. The van der Waals surface area contributed by atoms with Crippen LogP contribution in [0.15, 0.2) is 28.7 Å². The first kappa shape index (κ1) is 22.9. The Balaban J connectivity index is 1.72. The summed E-state index contributed by atoms with van der Waals surface area (Å²) >= 11 is 0. The van der Waals surface area contributed by atoms with Gasteiger partial charge < -0.3 is 18.9 Å². The highest BCUT2D eigenvalue weighted by Crippen LogP contribution is 2.30. The molecule has 0 spiro atoms. The van der Waals surface area contributed by atoms with Gasteiger partial charge >= 0.3 is 0 Å². The second-order valence-corrected chi connectivity index (χ2v) is 8.01. The molecule has 4 aromatic rings. The molecular weight excluding hydrogens is 430 g/mol. The maximum atomic E-state index is 9.88. The van der Waals surface area contributed by atoms with Crippen LogP contribution in [0.1, 0.15) is 39.7 Å². The lowest BCUT2D eigenvalue weighted by Crippen LogP contribution is -2.03. The molecule has 0 aliphatic carbocycles. The zero-order valence-corrected chi connectivity index (χ0v) is 19.8. The lowest BCUT2D eigenvalue weighted by atomic mass is 10.1. The minimum Gasteiger partial charge on any atom is -0.491 e. The number of furan rings is 1. The van der Waals surface area contributed by atoms with E-state index in [0.29, 0.717) is 47.6 Å². The third-order valence-electron chi connectivity index (χ3n) is 5.84. The van der Waals surface area contributed by atoms with E-state index >= 15 is 0 Å². The molecule has 0 atom stereocenters. The molecule has 0 fully saturated rings.